The van der Waals surface area contributed by atoms with Crippen molar-refractivity contribution in [2.45, 2.75) is 91.6 Å². The lowest BCUT2D eigenvalue weighted by Crippen LogP contribution is -2.39. The van der Waals surface area contributed by atoms with Gasteiger partial charge in [-0.15, -0.1) is 0 Å². The highest BCUT2D eigenvalue weighted by molar-refractivity contribution is 5.83. The Morgan fingerprint density at radius 3 is 2.68 bits per heavy atom. The van der Waals surface area contributed by atoms with Gasteiger partial charge in [0.15, 0.2) is 0 Å². The van der Waals surface area contributed by atoms with Crippen LogP contribution in [0.15, 0.2) is 42.0 Å². The Labute approximate surface area is 188 Å². The van der Waals surface area contributed by atoms with Crippen molar-refractivity contribution >= 4 is 5.97 Å². The number of rotatable bonds is 10. The van der Waals surface area contributed by atoms with Crippen LogP contribution in [-0.4, -0.2) is 18.7 Å². The number of aryl methyl sites for hydroxylation is 1. The summed E-state index contributed by atoms with van der Waals surface area (Å²) in [7, 11) is 0. The van der Waals surface area contributed by atoms with Crippen LogP contribution in [0.2, 0.25) is 0 Å². The summed E-state index contributed by atoms with van der Waals surface area (Å²) in [6.07, 6.45) is 13.3. The molecule has 2 aliphatic rings. The minimum absolute atomic E-state index is 0.0120. The molecule has 1 aromatic carbocycles. The molecule has 0 aromatic heterocycles. The van der Waals surface area contributed by atoms with Gasteiger partial charge in [-0.1, -0.05) is 77.3 Å². The highest BCUT2D eigenvalue weighted by Gasteiger charge is 2.62. The SMILES string of the molecule is CCCCCCc1cccc2c1OC([C@@]1(C)C[C@H]1C=CC(C)=CC(=O)OCC)C2(C)C. The van der Waals surface area contributed by atoms with Crippen molar-refractivity contribution < 1.29 is 14.3 Å². The number of fused-ring (bicyclic) bond motifs is 1. The lowest BCUT2D eigenvalue weighted by molar-refractivity contribution is -0.137. The summed E-state index contributed by atoms with van der Waals surface area (Å²) >= 11 is 0. The molecule has 1 aliphatic carbocycles. The largest absolute Gasteiger partial charge is 0.488 e. The summed E-state index contributed by atoms with van der Waals surface area (Å²) in [5.74, 6) is 1.33. The number of unbranched alkanes of at least 4 members (excludes halogenated alkanes) is 3. The second-order valence-electron chi connectivity index (χ2n) is 10.1. The van der Waals surface area contributed by atoms with E-state index in [2.05, 4.69) is 58.0 Å². The average molecular weight is 425 g/mol. The number of para-hydroxylation sites is 1. The van der Waals surface area contributed by atoms with Gasteiger partial charge in [-0.2, -0.15) is 0 Å². The van der Waals surface area contributed by atoms with Crippen LogP contribution >= 0.6 is 0 Å². The zero-order valence-electron chi connectivity index (χ0n) is 20.3. The monoisotopic (exact) mass is 424 g/mol. The summed E-state index contributed by atoms with van der Waals surface area (Å²) in [5, 5.41) is 0. The van der Waals surface area contributed by atoms with Crippen molar-refractivity contribution in [1.29, 1.82) is 0 Å². The second kappa shape index (κ2) is 9.63. The molecule has 0 amide bonds. The van der Waals surface area contributed by atoms with Crippen molar-refractivity contribution in [3.05, 3.63) is 53.1 Å². The van der Waals surface area contributed by atoms with Crippen molar-refractivity contribution in [3.63, 3.8) is 0 Å². The molecule has 0 spiro atoms. The molecule has 0 bridgehead atoms. The van der Waals surface area contributed by atoms with E-state index in [0.29, 0.717) is 12.5 Å². The normalized spacial score (nSPS) is 26.6. The first-order valence-electron chi connectivity index (χ1n) is 12.1. The molecule has 1 aromatic rings. The fraction of sp³-hybridized carbons (Fsp3) is 0.607. The van der Waals surface area contributed by atoms with Gasteiger partial charge in [0.05, 0.1) is 6.61 Å². The van der Waals surface area contributed by atoms with Crippen molar-refractivity contribution in [1.82, 2.24) is 0 Å². The Bertz CT molecular complexity index is 848. The second-order valence-corrected chi connectivity index (χ2v) is 10.1. The van der Waals surface area contributed by atoms with Gasteiger partial charge in [-0.05, 0) is 50.2 Å². The maximum atomic E-state index is 11.7. The molecule has 1 heterocycles. The molecule has 3 nitrogen and oxygen atoms in total. The number of esters is 1. The Kier molecular flexibility index (Phi) is 7.34. The summed E-state index contributed by atoms with van der Waals surface area (Å²) < 4.78 is 11.8. The minimum atomic E-state index is -0.273. The van der Waals surface area contributed by atoms with Crippen LogP contribution in [0, 0.1) is 11.3 Å². The summed E-state index contributed by atoms with van der Waals surface area (Å²) in [5.41, 5.74) is 3.76. The van der Waals surface area contributed by atoms with Crippen LogP contribution in [0.3, 0.4) is 0 Å². The van der Waals surface area contributed by atoms with E-state index < -0.39 is 0 Å². The highest BCUT2D eigenvalue weighted by atomic mass is 16.5. The summed E-state index contributed by atoms with van der Waals surface area (Å²) in [4.78, 5) is 11.7. The van der Waals surface area contributed by atoms with Gasteiger partial charge in [-0.25, -0.2) is 4.79 Å². The van der Waals surface area contributed by atoms with Crippen LogP contribution in [-0.2, 0) is 21.4 Å². The van der Waals surface area contributed by atoms with Crippen LogP contribution in [0.1, 0.15) is 84.8 Å². The molecule has 3 rings (SSSR count). The highest BCUT2D eigenvalue weighted by Crippen LogP contribution is 2.63. The standard InChI is InChI=1S/C28H40O3/c1-7-9-10-11-13-21-14-12-15-23-25(21)31-26(27(23,4)5)28(6)19-22(28)17-16-20(3)18-24(29)30-8-2/h12,14-18,22,26H,7-11,13,19H2,1-6H3/t22-,26?,28+/m1/s1. The third-order valence-corrected chi connectivity index (χ3v) is 7.15. The van der Waals surface area contributed by atoms with E-state index in [1.807, 2.05) is 13.8 Å². The van der Waals surface area contributed by atoms with E-state index >= 15 is 0 Å². The van der Waals surface area contributed by atoms with Gasteiger partial charge in [-0.3, -0.25) is 0 Å². The molecule has 1 aliphatic heterocycles. The molecule has 0 saturated heterocycles. The number of hydrogen-bond donors (Lipinski definition) is 0. The van der Waals surface area contributed by atoms with Gasteiger partial charge >= 0.3 is 5.97 Å². The third-order valence-electron chi connectivity index (χ3n) is 7.15. The van der Waals surface area contributed by atoms with Gasteiger partial charge in [0.25, 0.3) is 0 Å². The van der Waals surface area contributed by atoms with E-state index in [1.165, 1.54) is 36.8 Å². The smallest absolute Gasteiger partial charge is 0.330 e. The van der Waals surface area contributed by atoms with E-state index in [9.17, 15) is 4.79 Å². The molecule has 0 radical (unpaired) electrons. The molecule has 170 valence electrons. The summed E-state index contributed by atoms with van der Waals surface area (Å²) in [6, 6.07) is 6.71. The van der Waals surface area contributed by atoms with Crippen molar-refractivity contribution in [3.8, 4) is 5.75 Å². The van der Waals surface area contributed by atoms with Crippen molar-refractivity contribution in [2.24, 2.45) is 11.3 Å². The predicted molar refractivity (Wildman–Crippen MR) is 127 cm³/mol. The van der Waals surface area contributed by atoms with E-state index in [1.54, 1.807) is 6.08 Å². The molecule has 3 atom stereocenters. The average Bonchev–Trinajstić information content (AvgIpc) is 3.29. The maximum Gasteiger partial charge on any atom is 0.330 e. The molecule has 31 heavy (non-hydrogen) atoms. The van der Waals surface area contributed by atoms with E-state index in [-0.39, 0.29) is 22.9 Å². The van der Waals surface area contributed by atoms with E-state index in [4.69, 9.17) is 9.47 Å². The Morgan fingerprint density at radius 1 is 1.19 bits per heavy atom. The number of ether oxygens (including phenoxy) is 2. The lowest BCUT2D eigenvalue weighted by atomic mass is 9.74. The van der Waals surface area contributed by atoms with Crippen molar-refractivity contribution in [2.75, 3.05) is 6.61 Å². The molecular weight excluding hydrogens is 384 g/mol. The van der Waals surface area contributed by atoms with Crippen LogP contribution < -0.4 is 4.74 Å². The fourth-order valence-electron chi connectivity index (χ4n) is 5.23. The van der Waals surface area contributed by atoms with Crippen LogP contribution in [0.4, 0.5) is 0 Å². The Morgan fingerprint density at radius 2 is 1.97 bits per heavy atom. The van der Waals surface area contributed by atoms with E-state index in [0.717, 1.165) is 24.2 Å². The summed E-state index contributed by atoms with van der Waals surface area (Å²) in [6.45, 7) is 13.5. The van der Waals surface area contributed by atoms with Crippen LogP contribution in [0.25, 0.3) is 0 Å². The van der Waals surface area contributed by atoms with Gasteiger partial charge < -0.3 is 9.47 Å². The number of hydrogen-bond acceptors (Lipinski definition) is 3. The first kappa shape index (κ1) is 23.6. The zero-order chi connectivity index (χ0) is 22.6. The number of carbonyl (C=O) groups excluding carboxylic acids is 1. The number of allylic oxidation sites excluding steroid dienone is 3. The fourth-order valence-corrected chi connectivity index (χ4v) is 5.23. The predicted octanol–water partition coefficient (Wildman–Crippen LogP) is 6.94. The Hall–Kier alpha value is -2.03. The van der Waals surface area contributed by atoms with Crippen LogP contribution in [0.5, 0.6) is 5.75 Å². The molecule has 1 unspecified atom stereocenters. The zero-order valence-corrected chi connectivity index (χ0v) is 20.3. The van der Waals surface area contributed by atoms with Gasteiger partial charge in [0.1, 0.15) is 11.9 Å². The van der Waals surface area contributed by atoms with Gasteiger partial charge in [0.2, 0.25) is 0 Å². The number of benzene rings is 1. The molecule has 3 heteroatoms. The molecular formula is C28H40O3. The first-order chi connectivity index (χ1) is 14.7. The molecule has 0 N–H and O–H groups in total. The topological polar surface area (TPSA) is 35.5 Å². The Balaban J connectivity index is 1.71. The first-order valence-corrected chi connectivity index (χ1v) is 12.1. The maximum absolute atomic E-state index is 11.7. The lowest BCUT2D eigenvalue weighted by Gasteiger charge is -2.31. The minimum Gasteiger partial charge on any atom is -0.488 e. The molecule has 1 saturated carbocycles. The van der Waals surface area contributed by atoms with Gasteiger partial charge in [0, 0.05) is 22.5 Å². The number of carbonyl (C=O) groups is 1. The quantitative estimate of drug-likeness (QED) is 0.177. The molecule has 1 fully saturated rings. The third kappa shape index (κ3) is 5.07.